The van der Waals surface area contributed by atoms with Crippen LogP contribution in [0, 0.1) is 0 Å². The van der Waals surface area contributed by atoms with Crippen LogP contribution in [0.5, 0.6) is 0 Å². The van der Waals surface area contributed by atoms with Crippen LogP contribution in [-0.4, -0.2) is 0 Å². The minimum Gasteiger partial charge on any atom is -0.849 e. The van der Waals surface area contributed by atoms with E-state index in [0.29, 0.717) is 0 Å². The van der Waals surface area contributed by atoms with Gasteiger partial charge in [-0.2, -0.15) is 0 Å². The summed E-state index contributed by atoms with van der Waals surface area (Å²) in [6.45, 7) is 1.65. The van der Waals surface area contributed by atoms with E-state index in [1.807, 2.05) is 30.3 Å². The lowest BCUT2D eigenvalue weighted by molar-refractivity contribution is -0.420. The van der Waals surface area contributed by atoms with E-state index in [9.17, 15) is 5.11 Å². The largest absolute Gasteiger partial charge is 0.849 e. The van der Waals surface area contributed by atoms with Gasteiger partial charge in [-0.05, 0) is 0 Å². The molecule has 0 radical (unpaired) electrons. The molecule has 2 nitrogen and oxygen atoms in total. The Labute approximate surface area is 61.1 Å². The minimum absolute atomic E-state index is 0. The highest BCUT2D eigenvalue weighted by molar-refractivity contribution is 5.15. The Morgan fingerprint density at radius 1 is 1.20 bits per heavy atom. The normalized spacial score (nSPS) is 11.8. The predicted octanol–water partition coefficient (Wildman–Crippen LogP) is 1.48. The number of hydrogen-bond donors (Lipinski definition) is 1. The lowest BCUT2D eigenvalue weighted by atomic mass is 10.1. The molecule has 1 rings (SSSR count). The van der Waals surface area contributed by atoms with Gasteiger partial charge in [-0.25, -0.2) is 0 Å². The molecule has 4 N–H and O–H groups in total. The number of hydrogen-bond acceptors (Lipinski definition) is 1. The fourth-order valence-corrected chi connectivity index (χ4v) is 0.724. The second kappa shape index (κ2) is 4.04. The first-order chi connectivity index (χ1) is 4.30. The van der Waals surface area contributed by atoms with E-state index in [0.717, 1.165) is 5.56 Å². The molecule has 0 aromatic heterocycles. The van der Waals surface area contributed by atoms with Crippen LogP contribution in [0.15, 0.2) is 30.3 Å². The summed E-state index contributed by atoms with van der Waals surface area (Å²) in [5, 5.41) is 10.7. The van der Waals surface area contributed by atoms with Gasteiger partial charge in [0, 0.05) is 0 Å². The van der Waals surface area contributed by atoms with Crippen LogP contribution in [0.3, 0.4) is 0 Å². The van der Waals surface area contributed by atoms with E-state index in [1.54, 1.807) is 6.92 Å². The molecule has 0 aliphatic carbocycles. The van der Waals surface area contributed by atoms with Crippen molar-refractivity contribution in [3.8, 4) is 0 Å². The molecule has 0 saturated heterocycles. The van der Waals surface area contributed by atoms with Gasteiger partial charge >= 0.3 is 0 Å². The van der Waals surface area contributed by atoms with Crippen molar-refractivity contribution in [2.24, 2.45) is 0 Å². The third-order valence-corrected chi connectivity index (χ3v) is 1.27. The first kappa shape index (κ1) is 9.14. The van der Waals surface area contributed by atoms with Crippen molar-refractivity contribution in [2.45, 2.75) is 13.0 Å². The molecule has 0 saturated carbocycles. The van der Waals surface area contributed by atoms with Crippen molar-refractivity contribution in [3.05, 3.63) is 35.9 Å². The average Bonchev–Trinajstić information content (AvgIpc) is 1.90. The maximum Gasteiger partial charge on any atom is -0.0601 e. The molecule has 1 aromatic carbocycles. The molecule has 1 unspecified atom stereocenters. The topological polar surface area (TPSA) is 59.6 Å². The standard InChI is InChI=1S/C8H9O.H3N/c1-7(9)8-5-3-2-4-6-8;/h2-7H,1H3;1H3/q-1;/p+1. The van der Waals surface area contributed by atoms with Crippen molar-refractivity contribution >= 4 is 0 Å². The molecular formula is C8H13NO. The van der Waals surface area contributed by atoms with Gasteiger partial charge in [0.2, 0.25) is 0 Å². The summed E-state index contributed by atoms with van der Waals surface area (Å²) in [4.78, 5) is 0. The lowest BCUT2D eigenvalue weighted by Gasteiger charge is -2.15. The summed E-state index contributed by atoms with van der Waals surface area (Å²) in [6, 6.07) is 9.36. The first-order valence-corrected chi connectivity index (χ1v) is 3.01. The summed E-state index contributed by atoms with van der Waals surface area (Å²) in [5.41, 5.74) is 0.859. The van der Waals surface area contributed by atoms with Crippen molar-refractivity contribution in [2.75, 3.05) is 0 Å². The Morgan fingerprint density at radius 3 is 2.00 bits per heavy atom. The zero-order chi connectivity index (χ0) is 6.69. The van der Waals surface area contributed by atoms with Crippen LogP contribution in [0.2, 0.25) is 0 Å². The zero-order valence-corrected chi connectivity index (χ0v) is 6.37. The van der Waals surface area contributed by atoms with Crippen molar-refractivity contribution < 1.29 is 5.11 Å². The lowest BCUT2D eigenvalue weighted by Crippen LogP contribution is -2.09. The van der Waals surface area contributed by atoms with Gasteiger partial charge in [0.1, 0.15) is 0 Å². The Kier molecular flexibility index (Phi) is 3.69. The maximum atomic E-state index is 10.7. The Hall–Kier alpha value is -0.860. The second-order valence-corrected chi connectivity index (χ2v) is 2.05. The van der Waals surface area contributed by atoms with Crippen LogP contribution in [0.1, 0.15) is 18.6 Å². The van der Waals surface area contributed by atoms with Crippen molar-refractivity contribution in [1.29, 1.82) is 0 Å². The number of rotatable bonds is 1. The van der Waals surface area contributed by atoms with Gasteiger partial charge in [-0.15, -0.1) is 6.10 Å². The van der Waals surface area contributed by atoms with E-state index < -0.39 is 6.10 Å². The molecule has 0 amide bonds. The summed E-state index contributed by atoms with van der Waals surface area (Å²) in [7, 11) is 0. The molecule has 10 heavy (non-hydrogen) atoms. The molecule has 0 aliphatic rings. The second-order valence-electron chi connectivity index (χ2n) is 2.05. The van der Waals surface area contributed by atoms with Gasteiger partial charge in [0.15, 0.2) is 0 Å². The van der Waals surface area contributed by atoms with E-state index in [4.69, 9.17) is 0 Å². The van der Waals surface area contributed by atoms with E-state index >= 15 is 0 Å². The van der Waals surface area contributed by atoms with Crippen molar-refractivity contribution in [3.63, 3.8) is 0 Å². The molecule has 2 heteroatoms. The molecule has 1 aromatic rings. The van der Waals surface area contributed by atoms with Gasteiger partial charge in [0.05, 0.1) is 0 Å². The molecule has 56 valence electrons. The van der Waals surface area contributed by atoms with E-state index in [1.165, 1.54) is 0 Å². The van der Waals surface area contributed by atoms with Crippen molar-refractivity contribution in [1.82, 2.24) is 6.15 Å². The van der Waals surface area contributed by atoms with Crippen LogP contribution >= 0.6 is 0 Å². The number of benzene rings is 1. The average molecular weight is 139 g/mol. The van der Waals surface area contributed by atoms with Gasteiger partial charge in [-0.3, -0.25) is 0 Å². The summed E-state index contributed by atoms with van der Waals surface area (Å²) in [6.07, 6.45) is -0.591. The van der Waals surface area contributed by atoms with E-state index in [2.05, 4.69) is 0 Å². The summed E-state index contributed by atoms with van der Waals surface area (Å²) >= 11 is 0. The third kappa shape index (κ3) is 2.17. The molecular weight excluding hydrogens is 126 g/mol. The molecule has 0 fully saturated rings. The molecule has 0 bridgehead atoms. The zero-order valence-electron chi connectivity index (χ0n) is 6.37. The molecule has 0 heterocycles. The van der Waals surface area contributed by atoms with Crippen LogP contribution in [0.25, 0.3) is 0 Å². The molecule has 1 atom stereocenters. The highest BCUT2D eigenvalue weighted by Crippen LogP contribution is 2.05. The summed E-state index contributed by atoms with van der Waals surface area (Å²) in [5.74, 6) is 0. The quantitative estimate of drug-likeness (QED) is 0.629. The Balaban J connectivity index is 0.000000810. The van der Waals surface area contributed by atoms with Gasteiger partial charge < -0.3 is 11.3 Å². The smallest absolute Gasteiger partial charge is 0.0601 e. The Bertz CT molecular complexity index is 172. The predicted molar refractivity (Wildman–Crippen MR) is 40.8 cm³/mol. The fraction of sp³-hybridized carbons (Fsp3) is 0.250. The molecule has 0 spiro atoms. The highest BCUT2D eigenvalue weighted by atomic mass is 16.3. The van der Waals surface area contributed by atoms with Crippen LogP contribution < -0.4 is 11.3 Å². The monoisotopic (exact) mass is 139 g/mol. The SMILES string of the molecule is CC([O-])c1ccccc1.[NH4+]. The van der Waals surface area contributed by atoms with Gasteiger partial charge in [-0.1, -0.05) is 42.8 Å². The Morgan fingerprint density at radius 2 is 1.70 bits per heavy atom. The molecule has 0 aliphatic heterocycles. The van der Waals surface area contributed by atoms with Gasteiger partial charge in [0.25, 0.3) is 0 Å². The maximum absolute atomic E-state index is 10.7. The number of quaternary nitrogens is 1. The fourth-order valence-electron chi connectivity index (χ4n) is 0.724. The first-order valence-electron chi connectivity index (χ1n) is 3.01. The third-order valence-electron chi connectivity index (χ3n) is 1.27. The highest BCUT2D eigenvalue weighted by Gasteiger charge is 1.86. The summed E-state index contributed by atoms with van der Waals surface area (Å²) < 4.78 is 0. The van der Waals surface area contributed by atoms with Crippen LogP contribution in [-0.2, 0) is 0 Å². The minimum atomic E-state index is -0.591. The van der Waals surface area contributed by atoms with E-state index in [-0.39, 0.29) is 6.15 Å². The van der Waals surface area contributed by atoms with Crippen LogP contribution in [0.4, 0.5) is 0 Å².